The third-order valence-corrected chi connectivity index (χ3v) is 5.18. The molecule has 0 bridgehead atoms. The second-order valence-corrected chi connectivity index (χ2v) is 9.68. The molecule has 1 aromatic heterocycles. The zero-order valence-electron chi connectivity index (χ0n) is 18.1. The first kappa shape index (κ1) is 23.9. The summed E-state index contributed by atoms with van der Waals surface area (Å²) in [5.41, 5.74) is 0.114. The molecule has 0 radical (unpaired) electrons. The van der Waals surface area contributed by atoms with E-state index in [1.165, 1.54) is 23.0 Å². The average molecular weight is 522 g/mol. The van der Waals surface area contributed by atoms with Crippen LogP contribution in [-0.4, -0.2) is 27.4 Å². The van der Waals surface area contributed by atoms with Gasteiger partial charge in [0.05, 0.1) is 33.7 Å². The fourth-order valence-electron chi connectivity index (χ4n) is 2.91. The molecule has 0 spiro atoms. The molecule has 0 atom stereocenters. The molecule has 1 heterocycles. The van der Waals surface area contributed by atoms with Crippen molar-refractivity contribution in [2.45, 2.75) is 34.1 Å². The van der Waals surface area contributed by atoms with Crippen LogP contribution in [0, 0.1) is 15.5 Å². The second-order valence-electron chi connectivity index (χ2n) is 8.36. The second kappa shape index (κ2) is 9.38. The summed E-state index contributed by atoms with van der Waals surface area (Å²) in [6.45, 7) is 7.98. The van der Waals surface area contributed by atoms with Gasteiger partial charge in [-0.15, -0.1) is 0 Å². The number of nitro benzene ring substituents is 1. The topological polar surface area (TPSA) is 99.6 Å². The molecule has 0 fully saturated rings. The zero-order chi connectivity index (χ0) is 23.6. The van der Waals surface area contributed by atoms with Crippen molar-refractivity contribution < 1.29 is 9.66 Å². The maximum absolute atomic E-state index is 13.0. The van der Waals surface area contributed by atoms with Gasteiger partial charge in [0, 0.05) is 22.5 Å². The van der Waals surface area contributed by atoms with Crippen LogP contribution < -0.4 is 10.3 Å². The summed E-state index contributed by atoms with van der Waals surface area (Å²) in [4.78, 5) is 28.6. The van der Waals surface area contributed by atoms with Crippen LogP contribution in [0.4, 0.5) is 5.69 Å². The van der Waals surface area contributed by atoms with Crippen molar-refractivity contribution in [3.05, 3.63) is 71.7 Å². The molecule has 0 amide bonds. The van der Waals surface area contributed by atoms with E-state index in [0.717, 1.165) is 4.47 Å². The molecule has 2 aromatic carbocycles. The number of hydrogen-bond acceptors (Lipinski definition) is 6. The normalized spacial score (nSPS) is 11.9. The molecule has 3 aromatic rings. The molecule has 3 rings (SSSR count). The van der Waals surface area contributed by atoms with Crippen molar-refractivity contribution in [3.8, 4) is 5.75 Å². The summed E-state index contributed by atoms with van der Waals surface area (Å²) in [6, 6.07) is 8.08. The number of rotatable bonds is 6. The maximum atomic E-state index is 13.0. The smallest absolute Gasteiger partial charge is 0.313 e. The Labute approximate surface area is 198 Å². The third-order valence-electron chi connectivity index (χ3n) is 4.41. The number of hydrogen-bond donors (Lipinski definition) is 0. The average Bonchev–Trinajstić information content (AvgIpc) is 2.71. The monoisotopic (exact) mass is 520 g/mol. The third kappa shape index (κ3) is 5.34. The molecule has 10 heteroatoms. The van der Waals surface area contributed by atoms with Gasteiger partial charge in [0.2, 0.25) is 5.75 Å². The fraction of sp³-hybridized carbons (Fsp3) is 0.318. The largest absolute Gasteiger partial charge is 0.485 e. The lowest BCUT2D eigenvalue weighted by molar-refractivity contribution is -0.385. The minimum absolute atomic E-state index is 0.00683. The van der Waals surface area contributed by atoms with Crippen molar-refractivity contribution in [1.82, 2.24) is 9.66 Å². The Hall–Kier alpha value is -2.78. The molecule has 32 heavy (non-hydrogen) atoms. The Morgan fingerprint density at radius 2 is 2.03 bits per heavy atom. The standard InChI is InChI=1S/C22H22BrClN4O4/c1-5-19-26-17-7-6-14(23)10-15(17)21(29)27(19)25-11-13-8-16(24)20(18(9-13)28(30)31)32-12-22(2,3)4/h6-11H,5,12H2,1-4H3. The molecule has 168 valence electrons. The van der Waals surface area contributed by atoms with Crippen LogP contribution in [0.3, 0.4) is 0 Å². The Morgan fingerprint density at radius 1 is 1.31 bits per heavy atom. The van der Waals surface area contributed by atoms with Crippen molar-refractivity contribution in [1.29, 1.82) is 0 Å². The van der Waals surface area contributed by atoms with E-state index < -0.39 is 4.92 Å². The molecule has 0 saturated heterocycles. The predicted octanol–water partition coefficient (Wildman–Crippen LogP) is 5.59. The van der Waals surface area contributed by atoms with Gasteiger partial charge in [-0.3, -0.25) is 14.9 Å². The van der Waals surface area contributed by atoms with Gasteiger partial charge >= 0.3 is 5.69 Å². The van der Waals surface area contributed by atoms with Crippen LogP contribution in [0.5, 0.6) is 5.75 Å². The van der Waals surface area contributed by atoms with E-state index in [2.05, 4.69) is 26.0 Å². The van der Waals surface area contributed by atoms with Crippen molar-refractivity contribution >= 4 is 50.3 Å². The molecule has 0 unspecified atom stereocenters. The Kier molecular flexibility index (Phi) is 7.00. The SMILES string of the molecule is CCc1nc2ccc(Br)cc2c(=O)n1N=Cc1cc(Cl)c(OCC(C)(C)C)c([N+](=O)[O-])c1. The van der Waals surface area contributed by atoms with E-state index in [1.807, 2.05) is 33.8 Å². The van der Waals surface area contributed by atoms with Gasteiger partial charge in [-0.25, -0.2) is 4.98 Å². The number of fused-ring (bicyclic) bond motifs is 1. The summed E-state index contributed by atoms with van der Waals surface area (Å²) in [7, 11) is 0. The Bertz CT molecular complexity index is 1280. The predicted molar refractivity (Wildman–Crippen MR) is 129 cm³/mol. The van der Waals surface area contributed by atoms with E-state index in [1.54, 1.807) is 12.1 Å². The van der Waals surface area contributed by atoms with Crippen LogP contribution in [0.1, 0.15) is 39.1 Å². The van der Waals surface area contributed by atoms with Crippen LogP contribution in [0.25, 0.3) is 10.9 Å². The lowest BCUT2D eigenvalue weighted by Crippen LogP contribution is -2.22. The van der Waals surface area contributed by atoms with E-state index in [0.29, 0.717) is 28.7 Å². The van der Waals surface area contributed by atoms with E-state index in [-0.39, 0.29) is 34.0 Å². The summed E-state index contributed by atoms with van der Waals surface area (Å²) in [5, 5.41) is 16.4. The number of nitro groups is 1. The van der Waals surface area contributed by atoms with Gasteiger partial charge in [0.15, 0.2) is 0 Å². The maximum Gasteiger partial charge on any atom is 0.313 e. The van der Waals surface area contributed by atoms with E-state index >= 15 is 0 Å². The summed E-state index contributed by atoms with van der Waals surface area (Å²) >= 11 is 9.66. The van der Waals surface area contributed by atoms with Gasteiger partial charge in [-0.05, 0) is 29.7 Å². The first-order valence-corrected chi connectivity index (χ1v) is 11.0. The van der Waals surface area contributed by atoms with Crippen molar-refractivity contribution in [2.24, 2.45) is 10.5 Å². The van der Waals surface area contributed by atoms with Crippen LogP contribution >= 0.6 is 27.5 Å². The number of halogens is 2. The lowest BCUT2D eigenvalue weighted by Gasteiger charge is -2.19. The minimum atomic E-state index is -0.556. The number of ether oxygens (including phenoxy) is 1. The molecule has 0 N–H and O–H groups in total. The van der Waals surface area contributed by atoms with Gasteiger partial charge in [0.25, 0.3) is 5.56 Å². The van der Waals surface area contributed by atoms with Crippen LogP contribution in [0.15, 0.2) is 44.7 Å². The molecule has 8 nitrogen and oxygen atoms in total. The lowest BCUT2D eigenvalue weighted by atomic mass is 9.99. The van der Waals surface area contributed by atoms with Crippen molar-refractivity contribution in [3.63, 3.8) is 0 Å². The molecular weight excluding hydrogens is 500 g/mol. The number of benzene rings is 2. The molecule has 0 saturated carbocycles. The highest BCUT2D eigenvalue weighted by Gasteiger charge is 2.22. The molecular formula is C22H22BrClN4O4. The quantitative estimate of drug-likeness (QED) is 0.239. The Morgan fingerprint density at radius 3 is 2.66 bits per heavy atom. The highest BCUT2D eigenvalue weighted by atomic mass is 79.9. The van der Waals surface area contributed by atoms with Crippen LogP contribution in [-0.2, 0) is 6.42 Å². The van der Waals surface area contributed by atoms with Gasteiger partial charge in [-0.2, -0.15) is 9.78 Å². The highest BCUT2D eigenvalue weighted by molar-refractivity contribution is 9.10. The molecule has 0 aliphatic heterocycles. The van der Waals surface area contributed by atoms with Gasteiger partial charge in [0.1, 0.15) is 5.82 Å². The van der Waals surface area contributed by atoms with E-state index in [9.17, 15) is 14.9 Å². The molecule has 0 aliphatic carbocycles. The van der Waals surface area contributed by atoms with Crippen molar-refractivity contribution in [2.75, 3.05) is 6.61 Å². The van der Waals surface area contributed by atoms with Crippen LogP contribution in [0.2, 0.25) is 5.02 Å². The van der Waals surface area contributed by atoms with Gasteiger partial charge < -0.3 is 4.74 Å². The number of aryl methyl sites for hydroxylation is 1. The zero-order valence-corrected chi connectivity index (χ0v) is 20.4. The minimum Gasteiger partial charge on any atom is -0.485 e. The molecule has 0 aliphatic rings. The number of nitrogens with zero attached hydrogens (tertiary/aromatic N) is 4. The summed E-state index contributed by atoms with van der Waals surface area (Å²) < 4.78 is 7.58. The van der Waals surface area contributed by atoms with E-state index in [4.69, 9.17) is 16.3 Å². The number of aromatic nitrogens is 2. The Balaban J connectivity index is 2.06. The highest BCUT2D eigenvalue weighted by Crippen LogP contribution is 2.36. The first-order chi connectivity index (χ1) is 15.0. The summed E-state index contributed by atoms with van der Waals surface area (Å²) in [6.07, 6.45) is 1.82. The first-order valence-electron chi connectivity index (χ1n) is 9.86. The summed E-state index contributed by atoms with van der Waals surface area (Å²) in [5.74, 6) is 0.471. The van der Waals surface area contributed by atoms with Gasteiger partial charge in [-0.1, -0.05) is 55.2 Å². The fourth-order valence-corrected chi connectivity index (χ4v) is 3.55.